The molecule has 76 valence electrons. The summed E-state index contributed by atoms with van der Waals surface area (Å²) in [5.41, 5.74) is 0. The first kappa shape index (κ1) is 8.98. The quantitative estimate of drug-likeness (QED) is 0.682. The van der Waals surface area contributed by atoms with E-state index in [1.54, 1.807) is 0 Å². The number of cyclic esters (lactones) is 1. The topological polar surface area (TPSA) is 83.9 Å². The Morgan fingerprint density at radius 3 is 2.64 bits per heavy atom. The fourth-order valence-corrected chi connectivity index (χ4v) is 1.44. The zero-order valence-electron chi connectivity index (χ0n) is 7.30. The van der Waals surface area contributed by atoms with Gasteiger partial charge in [-0.25, -0.2) is 9.69 Å². The van der Waals surface area contributed by atoms with Gasteiger partial charge in [0, 0.05) is 5.92 Å². The molecule has 0 bridgehead atoms. The summed E-state index contributed by atoms with van der Waals surface area (Å²) in [6, 6.07) is 0. The van der Waals surface area contributed by atoms with Crippen molar-refractivity contribution in [3.8, 4) is 0 Å². The number of hydrogen-bond donors (Lipinski definition) is 1. The number of hydrogen-bond acceptors (Lipinski definition) is 4. The summed E-state index contributed by atoms with van der Waals surface area (Å²) >= 11 is 0. The van der Waals surface area contributed by atoms with Crippen LogP contribution in [0.2, 0.25) is 0 Å². The molecule has 1 heterocycles. The van der Waals surface area contributed by atoms with Crippen molar-refractivity contribution in [2.45, 2.75) is 18.9 Å². The van der Waals surface area contributed by atoms with Crippen molar-refractivity contribution in [3.05, 3.63) is 0 Å². The van der Waals surface area contributed by atoms with Crippen molar-refractivity contribution in [1.29, 1.82) is 0 Å². The second-order valence-electron chi connectivity index (χ2n) is 3.46. The van der Waals surface area contributed by atoms with Crippen molar-refractivity contribution in [1.82, 2.24) is 4.90 Å². The third-order valence-corrected chi connectivity index (χ3v) is 2.30. The number of aliphatic carboxylic acids is 1. The minimum Gasteiger partial charge on any atom is -0.480 e. The van der Waals surface area contributed by atoms with Crippen LogP contribution in [-0.4, -0.2) is 40.6 Å². The van der Waals surface area contributed by atoms with Crippen LogP contribution in [0.15, 0.2) is 0 Å². The average Bonchev–Trinajstić information content (AvgIpc) is 2.88. The molecule has 2 aliphatic rings. The molecule has 2 fully saturated rings. The monoisotopic (exact) mass is 199 g/mol. The van der Waals surface area contributed by atoms with Crippen LogP contribution in [-0.2, 0) is 14.3 Å². The second-order valence-corrected chi connectivity index (χ2v) is 3.46. The van der Waals surface area contributed by atoms with Crippen LogP contribution in [0.3, 0.4) is 0 Å². The van der Waals surface area contributed by atoms with Gasteiger partial charge in [0.25, 0.3) is 5.91 Å². The van der Waals surface area contributed by atoms with Gasteiger partial charge in [0.2, 0.25) is 0 Å². The van der Waals surface area contributed by atoms with Crippen molar-refractivity contribution in [2.24, 2.45) is 5.92 Å². The standard InChI is InChI=1S/C8H9NO5/c10-5(11)3-9-7(12)6(4-1-2-4)14-8(9)13/h4,6H,1-3H2,(H,10,11). The van der Waals surface area contributed by atoms with Gasteiger partial charge in [-0.3, -0.25) is 9.59 Å². The molecule has 0 aromatic rings. The molecule has 2 amide bonds. The molecule has 6 nitrogen and oxygen atoms in total. The van der Waals surface area contributed by atoms with Gasteiger partial charge in [-0.1, -0.05) is 0 Å². The predicted octanol–water partition coefficient (Wildman–Crippen LogP) is -0.172. The lowest BCUT2D eigenvalue weighted by atomic mass is 10.2. The first-order chi connectivity index (χ1) is 6.59. The highest BCUT2D eigenvalue weighted by molar-refractivity contribution is 6.02. The maximum Gasteiger partial charge on any atom is 0.417 e. The van der Waals surface area contributed by atoms with E-state index in [9.17, 15) is 14.4 Å². The number of carboxylic acids is 1. The van der Waals surface area contributed by atoms with Crippen LogP contribution in [0.4, 0.5) is 4.79 Å². The molecular formula is C8H9NO5. The average molecular weight is 199 g/mol. The molecule has 0 aromatic carbocycles. The fourth-order valence-electron chi connectivity index (χ4n) is 1.44. The molecule has 6 heteroatoms. The van der Waals surface area contributed by atoms with Crippen molar-refractivity contribution < 1.29 is 24.2 Å². The molecule has 14 heavy (non-hydrogen) atoms. The Hall–Kier alpha value is -1.59. The van der Waals surface area contributed by atoms with Crippen LogP contribution >= 0.6 is 0 Å². The van der Waals surface area contributed by atoms with E-state index in [0.717, 1.165) is 12.8 Å². The highest BCUT2D eigenvalue weighted by atomic mass is 16.6. The van der Waals surface area contributed by atoms with Crippen LogP contribution in [0, 0.1) is 5.92 Å². The smallest absolute Gasteiger partial charge is 0.417 e. The molecule has 0 aromatic heterocycles. The normalized spacial score (nSPS) is 26.6. The van der Waals surface area contributed by atoms with E-state index in [1.165, 1.54) is 0 Å². The van der Waals surface area contributed by atoms with E-state index in [2.05, 4.69) is 0 Å². The number of carbonyl (C=O) groups excluding carboxylic acids is 2. The number of carbonyl (C=O) groups is 3. The molecule has 2 rings (SSSR count). The lowest BCUT2D eigenvalue weighted by molar-refractivity contribution is -0.142. The summed E-state index contributed by atoms with van der Waals surface area (Å²) in [6.45, 7) is -0.610. The number of carboxylic acid groups (broad SMARTS) is 1. The Morgan fingerprint density at radius 2 is 2.14 bits per heavy atom. The summed E-state index contributed by atoms with van der Waals surface area (Å²) < 4.78 is 4.79. The van der Waals surface area contributed by atoms with E-state index >= 15 is 0 Å². The van der Waals surface area contributed by atoms with E-state index in [-0.39, 0.29) is 5.92 Å². The summed E-state index contributed by atoms with van der Waals surface area (Å²) in [5.74, 6) is -1.63. The lowest BCUT2D eigenvalue weighted by Crippen LogP contribution is -2.36. The third kappa shape index (κ3) is 1.43. The molecule has 0 spiro atoms. The number of amides is 2. The van der Waals surface area contributed by atoms with Crippen LogP contribution in [0.25, 0.3) is 0 Å². The van der Waals surface area contributed by atoms with Crippen molar-refractivity contribution in [3.63, 3.8) is 0 Å². The Kier molecular flexibility index (Phi) is 1.90. The van der Waals surface area contributed by atoms with Gasteiger partial charge in [0.1, 0.15) is 6.54 Å². The molecule has 1 saturated heterocycles. The molecule has 1 unspecified atom stereocenters. The highest BCUT2D eigenvalue weighted by Crippen LogP contribution is 2.37. The minimum absolute atomic E-state index is 0.102. The second kappa shape index (κ2) is 2.97. The molecule has 1 saturated carbocycles. The van der Waals surface area contributed by atoms with Gasteiger partial charge in [0.15, 0.2) is 6.10 Å². The largest absolute Gasteiger partial charge is 0.480 e. The zero-order valence-corrected chi connectivity index (χ0v) is 7.30. The van der Waals surface area contributed by atoms with Crippen molar-refractivity contribution >= 4 is 18.0 Å². The maximum atomic E-state index is 11.4. The van der Waals surface area contributed by atoms with Crippen molar-refractivity contribution in [2.75, 3.05) is 6.54 Å². The van der Waals surface area contributed by atoms with E-state index in [0.29, 0.717) is 4.90 Å². The SMILES string of the molecule is O=C(O)CN1C(=O)OC(C2CC2)C1=O. The Morgan fingerprint density at radius 1 is 1.50 bits per heavy atom. The van der Waals surface area contributed by atoms with Crippen LogP contribution < -0.4 is 0 Å². The van der Waals surface area contributed by atoms with E-state index < -0.39 is 30.6 Å². The fraction of sp³-hybridized carbons (Fsp3) is 0.625. The first-order valence-corrected chi connectivity index (χ1v) is 4.33. The van der Waals surface area contributed by atoms with Gasteiger partial charge >= 0.3 is 12.1 Å². The molecular weight excluding hydrogens is 190 g/mol. The van der Waals surface area contributed by atoms with Gasteiger partial charge in [-0.15, -0.1) is 0 Å². The number of ether oxygens (including phenoxy) is 1. The third-order valence-electron chi connectivity index (χ3n) is 2.30. The number of nitrogens with zero attached hydrogens (tertiary/aromatic N) is 1. The molecule has 1 N–H and O–H groups in total. The summed E-state index contributed by atoms with van der Waals surface area (Å²) in [4.78, 5) is 33.5. The summed E-state index contributed by atoms with van der Waals surface area (Å²) in [6.07, 6.45) is 0.158. The zero-order chi connectivity index (χ0) is 10.3. The Labute approximate surface area is 79.4 Å². The lowest BCUT2D eigenvalue weighted by Gasteiger charge is -2.06. The molecule has 1 aliphatic carbocycles. The Balaban J connectivity index is 2.07. The first-order valence-electron chi connectivity index (χ1n) is 4.33. The number of imide groups is 1. The summed E-state index contributed by atoms with van der Waals surface area (Å²) in [7, 11) is 0. The van der Waals surface area contributed by atoms with Gasteiger partial charge in [-0.05, 0) is 12.8 Å². The van der Waals surface area contributed by atoms with E-state index in [4.69, 9.17) is 9.84 Å². The molecule has 1 aliphatic heterocycles. The Bertz CT molecular complexity index is 309. The molecule has 1 atom stereocenters. The van der Waals surface area contributed by atoms with Gasteiger partial charge in [0.05, 0.1) is 0 Å². The van der Waals surface area contributed by atoms with Crippen LogP contribution in [0.5, 0.6) is 0 Å². The maximum absolute atomic E-state index is 11.4. The van der Waals surface area contributed by atoms with Gasteiger partial charge in [-0.2, -0.15) is 0 Å². The van der Waals surface area contributed by atoms with E-state index in [1.807, 2.05) is 0 Å². The molecule has 0 radical (unpaired) electrons. The number of rotatable bonds is 3. The minimum atomic E-state index is -1.22. The van der Waals surface area contributed by atoms with Gasteiger partial charge < -0.3 is 9.84 Å². The van der Waals surface area contributed by atoms with Crippen LogP contribution in [0.1, 0.15) is 12.8 Å². The highest BCUT2D eigenvalue weighted by Gasteiger charge is 2.49. The summed E-state index contributed by atoms with van der Waals surface area (Å²) in [5, 5.41) is 8.45. The predicted molar refractivity (Wildman–Crippen MR) is 42.3 cm³/mol.